The van der Waals surface area contributed by atoms with E-state index >= 15 is 0 Å². The van der Waals surface area contributed by atoms with Gasteiger partial charge in [-0.15, -0.1) is 10.2 Å². The van der Waals surface area contributed by atoms with E-state index in [1.165, 1.54) is 11.9 Å². The molecule has 3 heterocycles. The van der Waals surface area contributed by atoms with Gasteiger partial charge in [0.25, 0.3) is 0 Å². The van der Waals surface area contributed by atoms with Crippen molar-refractivity contribution in [3.8, 4) is 0 Å². The number of imidazole rings is 1. The lowest BCUT2D eigenvalue weighted by Gasteiger charge is -2.06. The van der Waals surface area contributed by atoms with Gasteiger partial charge in [-0.2, -0.15) is 0 Å². The van der Waals surface area contributed by atoms with Crippen molar-refractivity contribution in [2.24, 2.45) is 0 Å². The van der Waals surface area contributed by atoms with Crippen LogP contribution in [0, 0.1) is 0 Å². The Hall–Kier alpha value is -3.41. The highest BCUT2D eigenvalue weighted by atomic mass is 15.1. The van der Waals surface area contributed by atoms with Crippen LogP contribution in [0.1, 0.15) is 5.56 Å². The Morgan fingerprint density at radius 2 is 1.79 bits per heavy atom. The Kier molecular flexibility index (Phi) is 2.75. The van der Waals surface area contributed by atoms with Crippen molar-refractivity contribution in [3.05, 3.63) is 66.9 Å². The van der Waals surface area contributed by atoms with Gasteiger partial charge in [-0.25, -0.2) is 15.0 Å². The van der Waals surface area contributed by atoms with Crippen LogP contribution in [-0.2, 0) is 6.54 Å². The minimum absolute atomic E-state index is 0.598. The fourth-order valence-electron chi connectivity index (χ4n) is 2.99. The smallest absolute Gasteiger partial charge is 0.185 e. The lowest BCUT2D eigenvalue weighted by molar-refractivity contribution is 0.825. The first-order chi connectivity index (χ1) is 11.9. The maximum absolute atomic E-state index is 4.55. The Labute approximate surface area is 136 Å². The zero-order valence-electron chi connectivity index (χ0n) is 12.7. The van der Waals surface area contributed by atoms with Gasteiger partial charge in [0, 0.05) is 23.5 Å². The molecule has 5 rings (SSSR count). The van der Waals surface area contributed by atoms with Crippen molar-refractivity contribution in [1.82, 2.24) is 29.7 Å². The van der Waals surface area contributed by atoms with E-state index in [9.17, 15) is 0 Å². The van der Waals surface area contributed by atoms with Gasteiger partial charge in [-0.3, -0.25) is 0 Å². The fourth-order valence-corrected chi connectivity index (χ4v) is 2.99. The summed E-state index contributed by atoms with van der Waals surface area (Å²) in [6.07, 6.45) is 5.12. The Morgan fingerprint density at radius 3 is 2.71 bits per heavy atom. The summed E-state index contributed by atoms with van der Waals surface area (Å²) in [7, 11) is 0. The average molecular weight is 312 g/mol. The van der Waals surface area contributed by atoms with Crippen LogP contribution < -0.4 is 0 Å². The molecule has 0 atom stereocenters. The summed E-state index contributed by atoms with van der Waals surface area (Å²) in [4.78, 5) is 12.8. The van der Waals surface area contributed by atoms with E-state index in [1.807, 2.05) is 36.7 Å². The lowest BCUT2D eigenvalue weighted by Crippen LogP contribution is -1.98. The second-order valence-electron chi connectivity index (χ2n) is 5.68. The van der Waals surface area contributed by atoms with Crippen LogP contribution in [0.4, 0.5) is 0 Å². The van der Waals surface area contributed by atoms with Crippen LogP contribution in [0.25, 0.3) is 33.0 Å². The minimum atomic E-state index is 0.598. The number of benzene rings is 2. The van der Waals surface area contributed by atoms with Crippen LogP contribution in [0.3, 0.4) is 0 Å². The zero-order valence-corrected chi connectivity index (χ0v) is 12.7. The molecule has 0 aliphatic rings. The van der Waals surface area contributed by atoms with Gasteiger partial charge in [0.15, 0.2) is 5.65 Å². The quantitative estimate of drug-likeness (QED) is 0.469. The maximum Gasteiger partial charge on any atom is 0.185 e. The topological polar surface area (TPSA) is 69.4 Å². The molecule has 2 aromatic carbocycles. The van der Waals surface area contributed by atoms with Gasteiger partial charge in [0.05, 0.1) is 22.9 Å². The number of fused-ring (bicyclic) bond motifs is 4. The second-order valence-corrected chi connectivity index (χ2v) is 5.68. The Bertz CT molecular complexity index is 1180. The summed E-state index contributed by atoms with van der Waals surface area (Å²) >= 11 is 0. The van der Waals surface area contributed by atoms with Crippen LogP contribution in [0.15, 0.2) is 61.3 Å². The fraction of sp³-hybridized carbons (Fsp3) is 0.0556. The summed E-state index contributed by atoms with van der Waals surface area (Å²) in [5.74, 6) is 0. The maximum atomic E-state index is 4.55. The third-order valence-corrected chi connectivity index (χ3v) is 4.17. The first-order valence-corrected chi connectivity index (χ1v) is 7.63. The largest absolute Gasteiger partial charge is 0.326 e. The molecule has 0 radical (unpaired) electrons. The van der Waals surface area contributed by atoms with E-state index in [0.29, 0.717) is 5.65 Å². The summed E-state index contributed by atoms with van der Waals surface area (Å²) in [6, 6.07) is 14.4. The van der Waals surface area contributed by atoms with Gasteiger partial charge < -0.3 is 4.57 Å². The van der Waals surface area contributed by atoms with Crippen LogP contribution in [0.2, 0.25) is 0 Å². The molecular formula is C18H12N6. The van der Waals surface area contributed by atoms with Gasteiger partial charge in [0.2, 0.25) is 0 Å². The summed E-state index contributed by atoms with van der Waals surface area (Å²) in [5.41, 5.74) is 4.61. The molecule has 0 saturated carbocycles. The van der Waals surface area contributed by atoms with Crippen LogP contribution in [0.5, 0.6) is 0 Å². The van der Waals surface area contributed by atoms with Crippen molar-refractivity contribution in [1.29, 1.82) is 0 Å². The lowest BCUT2D eigenvalue weighted by atomic mass is 10.1. The van der Waals surface area contributed by atoms with E-state index in [-0.39, 0.29) is 0 Å². The molecule has 0 saturated heterocycles. The molecule has 0 unspecified atom stereocenters. The molecule has 0 spiro atoms. The SMILES string of the molecule is c1ccc(Cn2cnc3cc4c(cc32)nnc2ncncc24)cc1. The van der Waals surface area contributed by atoms with Gasteiger partial charge in [-0.1, -0.05) is 30.3 Å². The number of rotatable bonds is 2. The predicted molar refractivity (Wildman–Crippen MR) is 91.5 cm³/mol. The van der Waals surface area contributed by atoms with Crippen molar-refractivity contribution in [2.75, 3.05) is 0 Å². The molecule has 6 heteroatoms. The van der Waals surface area contributed by atoms with E-state index < -0.39 is 0 Å². The Morgan fingerprint density at radius 1 is 0.875 bits per heavy atom. The normalized spacial score (nSPS) is 11.5. The van der Waals surface area contributed by atoms with E-state index in [1.54, 1.807) is 6.20 Å². The highest BCUT2D eigenvalue weighted by Gasteiger charge is 2.10. The molecule has 0 bridgehead atoms. The summed E-state index contributed by atoms with van der Waals surface area (Å²) < 4.78 is 2.12. The molecule has 5 aromatic rings. The van der Waals surface area contributed by atoms with Gasteiger partial charge in [-0.05, 0) is 17.7 Å². The first-order valence-electron chi connectivity index (χ1n) is 7.63. The third kappa shape index (κ3) is 2.00. The molecular weight excluding hydrogens is 300 g/mol. The van der Waals surface area contributed by atoms with Crippen LogP contribution in [-0.4, -0.2) is 29.7 Å². The molecule has 0 amide bonds. The predicted octanol–water partition coefficient (Wildman–Crippen LogP) is 2.97. The molecule has 0 N–H and O–H groups in total. The van der Waals surface area contributed by atoms with Crippen molar-refractivity contribution in [2.45, 2.75) is 6.54 Å². The van der Waals surface area contributed by atoms with Crippen molar-refractivity contribution >= 4 is 33.0 Å². The van der Waals surface area contributed by atoms with E-state index in [4.69, 9.17) is 0 Å². The first kappa shape index (κ1) is 13.1. The molecule has 114 valence electrons. The van der Waals surface area contributed by atoms with Gasteiger partial charge in [0.1, 0.15) is 6.33 Å². The molecule has 0 aliphatic carbocycles. The zero-order chi connectivity index (χ0) is 15.9. The molecule has 0 aliphatic heterocycles. The van der Waals surface area contributed by atoms with Crippen LogP contribution >= 0.6 is 0 Å². The average Bonchev–Trinajstić information content (AvgIpc) is 3.03. The van der Waals surface area contributed by atoms with E-state index in [0.717, 1.165) is 33.9 Å². The monoisotopic (exact) mass is 312 g/mol. The number of aromatic nitrogens is 6. The van der Waals surface area contributed by atoms with Crippen molar-refractivity contribution in [3.63, 3.8) is 0 Å². The molecule has 0 fully saturated rings. The van der Waals surface area contributed by atoms with Gasteiger partial charge >= 0.3 is 0 Å². The Balaban J connectivity index is 1.72. The highest BCUT2D eigenvalue weighted by molar-refractivity contribution is 6.06. The second kappa shape index (κ2) is 5.06. The molecule has 6 nitrogen and oxygen atoms in total. The molecule has 3 aromatic heterocycles. The number of hydrogen-bond donors (Lipinski definition) is 0. The minimum Gasteiger partial charge on any atom is -0.326 e. The standard InChI is InChI=1S/C18H12N6/c1-2-4-12(5-3-1)9-24-11-21-16-6-13-14-8-19-10-20-18(14)23-22-15(13)7-17(16)24/h1-8,10-11H,9H2. The highest BCUT2D eigenvalue weighted by Crippen LogP contribution is 2.25. The van der Waals surface area contributed by atoms with E-state index in [2.05, 4.69) is 41.8 Å². The van der Waals surface area contributed by atoms with Crippen molar-refractivity contribution < 1.29 is 0 Å². The number of hydrogen-bond acceptors (Lipinski definition) is 5. The summed E-state index contributed by atoms with van der Waals surface area (Å²) in [6.45, 7) is 0.771. The summed E-state index contributed by atoms with van der Waals surface area (Å²) in [5, 5.41) is 10.4. The number of nitrogens with zero attached hydrogens (tertiary/aromatic N) is 6. The third-order valence-electron chi connectivity index (χ3n) is 4.17. The molecule has 24 heavy (non-hydrogen) atoms.